The molecule has 0 aliphatic heterocycles. The minimum Gasteiger partial charge on any atom is -0.466 e. The van der Waals surface area contributed by atoms with E-state index in [1.165, 1.54) is 0 Å². The number of aliphatic hydroxyl groups is 1. The van der Waals surface area contributed by atoms with Crippen LogP contribution in [0.25, 0.3) is 0 Å². The molecule has 0 saturated heterocycles. The molecule has 0 amide bonds. The molecule has 8 nitrogen and oxygen atoms in total. The summed E-state index contributed by atoms with van der Waals surface area (Å²) in [6.45, 7) is 11.7. The summed E-state index contributed by atoms with van der Waals surface area (Å²) in [6, 6.07) is 0. The maximum absolute atomic E-state index is 11.3. The average Bonchev–Trinajstić information content (AvgIpc) is 2.68. The molecule has 0 saturated carbocycles. The number of aliphatic hydroxyl groups excluding tert-OH is 1. The second kappa shape index (κ2) is 26.6. The predicted octanol–water partition coefficient (Wildman–Crippen LogP) is 5.10. The SMILES string of the molecule is CCCCCC(=O)Cl.CCCCCC(=O)O[C@H](C)CC(=O)OCC.CCOC(=O)C[C@@H](C)O. The Morgan fingerprint density at radius 1 is 0.727 bits per heavy atom. The molecule has 196 valence electrons. The minimum atomic E-state index is -0.593. The molecule has 2 atom stereocenters. The van der Waals surface area contributed by atoms with Crippen molar-refractivity contribution in [3.63, 3.8) is 0 Å². The van der Waals surface area contributed by atoms with Crippen molar-refractivity contribution >= 4 is 34.8 Å². The predicted molar refractivity (Wildman–Crippen MR) is 129 cm³/mol. The topological polar surface area (TPSA) is 116 Å². The quantitative estimate of drug-likeness (QED) is 0.144. The summed E-state index contributed by atoms with van der Waals surface area (Å²) in [5, 5.41) is 8.44. The molecule has 0 aliphatic rings. The summed E-state index contributed by atoms with van der Waals surface area (Å²) in [7, 11) is 0. The van der Waals surface area contributed by atoms with Gasteiger partial charge in [-0.15, -0.1) is 0 Å². The first-order valence-electron chi connectivity index (χ1n) is 11.9. The van der Waals surface area contributed by atoms with Crippen molar-refractivity contribution in [3.05, 3.63) is 0 Å². The van der Waals surface area contributed by atoms with Crippen LogP contribution in [0.4, 0.5) is 0 Å². The summed E-state index contributed by atoms with van der Waals surface area (Å²) >= 11 is 5.07. The molecule has 0 radical (unpaired) electrons. The van der Waals surface area contributed by atoms with Gasteiger partial charge in [-0.25, -0.2) is 0 Å². The van der Waals surface area contributed by atoms with Crippen LogP contribution in [0.2, 0.25) is 0 Å². The highest BCUT2D eigenvalue weighted by molar-refractivity contribution is 6.63. The molecule has 0 rings (SSSR count). The van der Waals surface area contributed by atoms with Crippen molar-refractivity contribution < 1.29 is 38.5 Å². The second-order valence-electron chi connectivity index (χ2n) is 7.44. The number of esters is 3. The number of carbonyl (C=O) groups is 4. The van der Waals surface area contributed by atoms with Crippen LogP contribution >= 0.6 is 11.6 Å². The van der Waals surface area contributed by atoms with Crippen LogP contribution in [0.3, 0.4) is 0 Å². The summed E-state index contributed by atoms with van der Waals surface area (Å²) < 4.78 is 14.4. The number of halogens is 1. The smallest absolute Gasteiger partial charge is 0.309 e. The lowest BCUT2D eigenvalue weighted by atomic mass is 10.2. The molecular weight excluding hydrogens is 452 g/mol. The van der Waals surface area contributed by atoms with Gasteiger partial charge in [0.1, 0.15) is 6.10 Å². The van der Waals surface area contributed by atoms with Crippen molar-refractivity contribution in [1.82, 2.24) is 0 Å². The van der Waals surface area contributed by atoms with Gasteiger partial charge in [-0.05, 0) is 52.1 Å². The lowest BCUT2D eigenvalue weighted by Gasteiger charge is -2.12. The van der Waals surface area contributed by atoms with E-state index in [9.17, 15) is 19.2 Å². The largest absolute Gasteiger partial charge is 0.466 e. The van der Waals surface area contributed by atoms with Crippen LogP contribution in [0, 0.1) is 0 Å². The Labute approximate surface area is 204 Å². The molecule has 0 unspecified atom stereocenters. The van der Waals surface area contributed by atoms with Crippen molar-refractivity contribution in [2.24, 2.45) is 0 Å². The molecular formula is C24H45ClO8. The second-order valence-corrected chi connectivity index (χ2v) is 7.86. The minimum absolute atomic E-state index is 0.0911. The highest BCUT2D eigenvalue weighted by Gasteiger charge is 2.14. The first-order chi connectivity index (χ1) is 15.5. The van der Waals surface area contributed by atoms with Gasteiger partial charge in [-0.2, -0.15) is 0 Å². The van der Waals surface area contributed by atoms with E-state index in [1.807, 2.05) is 0 Å². The van der Waals surface area contributed by atoms with Crippen LogP contribution < -0.4 is 0 Å². The summed E-state index contributed by atoms with van der Waals surface area (Å²) in [6.07, 6.45) is 6.35. The summed E-state index contributed by atoms with van der Waals surface area (Å²) in [5.74, 6) is -0.894. The van der Waals surface area contributed by atoms with Crippen molar-refractivity contribution in [1.29, 1.82) is 0 Å². The van der Waals surface area contributed by atoms with Crippen LogP contribution in [0.5, 0.6) is 0 Å². The third-order valence-corrected chi connectivity index (χ3v) is 4.01. The van der Waals surface area contributed by atoms with E-state index in [0.717, 1.165) is 38.5 Å². The monoisotopic (exact) mass is 496 g/mol. The fourth-order valence-corrected chi connectivity index (χ4v) is 2.41. The standard InChI is InChI=1S/C12H22O4.C6H11ClO.C6H12O3/c1-4-6-7-8-11(13)16-10(3)9-12(14)15-5-2;1-2-3-4-5-6(7)8;1-3-9-6(8)4-5(2)7/h10H,4-9H2,1-3H3;2-5H2,1H3;5,7H,3-4H2,1-2H3/t10-;;5-/m1.1/s1. The average molecular weight is 497 g/mol. The molecule has 0 aromatic carbocycles. The molecule has 9 heteroatoms. The molecule has 0 aromatic rings. The van der Waals surface area contributed by atoms with E-state index in [4.69, 9.17) is 26.2 Å². The number of unbranched alkanes of at least 4 members (excludes halogenated alkanes) is 4. The van der Waals surface area contributed by atoms with Gasteiger partial charge < -0.3 is 19.3 Å². The Hall–Kier alpha value is -1.67. The summed E-state index contributed by atoms with van der Waals surface area (Å²) in [4.78, 5) is 42.9. The highest BCUT2D eigenvalue weighted by atomic mass is 35.5. The van der Waals surface area contributed by atoms with Crippen LogP contribution in [-0.4, -0.2) is 53.7 Å². The van der Waals surface area contributed by atoms with Gasteiger partial charge in [0.2, 0.25) is 5.24 Å². The number of ether oxygens (including phenoxy) is 3. The van der Waals surface area contributed by atoms with Gasteiger partial charge in [0.15, 0.2) is 0 Å². The fraction of sp³-hybridized carbons (Fsp3) is 0.833. The Kier molecular flexibility index (Phi) is 28.9. The molecule has 0 bridgehead atoms. The van der Waals surface area contributed by atoms with Crippen molar-refractivity contribution in [3.8, 4) is 0 Å². The van der Waals surface area contributed by atoms with E-state index < -0.39 is 12.2 Å². The zero-order valence-electron chi connectivity index (χ0n) is 21.3. The number of rotatable bonds is 15. The van der Waals surface area contributed by atoms with Crippen LogP contribution in [0.15, 0.2) is 0 Å². The Bertz CT molecular complexity index is 509. The van der Waals surface area contributed by atoms with Gasteiger partial charge in [0.25, 0.3) is 0 Å². The van der Waals surface area contributed by atoms with Crippen molar-refractivity contribution in [2.75, 3.05) is 13.2 Å². The molecule has 0 fully saturated rings. The van der Waals surface area contributed by atoms with Gasteiger partial charge in [0, 0.05) is 12.8 Å². The molecule has 0 heterocycles. The Morgan fingerprint density at radius 3 is 1.58 bits per heavy atom. The highest BCUT2D eigenvalue weighted by Crippen LogP contribution is 2.05. The third kappa shape index (κ3) is 35.1. The fourth-order valence-electron chi connectivity index (χ4n) is 2.27. The number of carbonyl (C=O) groups excluding carboxylic acids is 4. The first-order valence-corrected chi connectivity index (χ1v) is 12.3. The van der Waals surface area contributed by atoms with Gasteiger partial charge in [-0.3, -0.25) is 19.2 Å². The molecule has 1 N–H and O–H groups in total. The zero-order chi connectivity index (χ0) is 26.1. The van der Waals surface area contributed by atoms with Crippen LogP contribution in [0.1, 0.15) is 106 Å². The Morgan fingerprint density at radius 2 is 1.18 bits per heavy atom. The molecule has 0 aliphatic carbocycles. The van der Waals surface area contributed by atoms with E-state index >= 15 is 0 Å². The van der Waals surface area contributed by atoms with E-state index in [1.54, 1.807) is 27.7 Å². The van der Waals surface area contributed by atoms with E-state index in [2.05, 4.69) is 18.6 Å². The van der Waals surface area contributed by atoms with E-state index in [-0.39, 0.29) is 36.0 Å². The Balaban J connectivity index is -0.000000449. The first kappa shape index (κ1) is 35.9. The maximum atomic E-state index is 11.3. The number of hydrogen-bond donors (Lipinski definition) is 1. The third-order valence-electron chi connectivity index (χ3n) is 3.82. The van der Waals surface area contributed by atoms with Crippen molar-refractivity contribution in [2.45, 2.75) is 118 Å². The molecule has 0 spiro atoms. The van der Waals surface area contributed by atoms with Crippen LogP contribution in [-0.2, 0) is 33.4 Å². The van der Waals surface area contributed by atoms with Gasteiger partial charge in [0.05, 0.1) is 32.2 Å². The molecule has 0 aromatic heterocycles. The maximum Gasteiger partial charge on any atom is 0.309 e. The normalized spacial score (nSPS) is 11.5. The lowest BCUT2D eigenvalue weighted by molar-refractivity contribution is -0.154. The van der Waals surface area contributed by atoms with E-state index in [0.29, 0.717) is 26.1 Å². The van der Waals surface area contributed by atoms with Gasteiger partial charge in [-0.1, -0.05) is 39.5 Å². The summed E-state index contributed by atoms with van der Waals surface area (Å²) in [5.41, 5.74) is 0. The number of hydrogen-bond acceptors (Lipinski definition) is 8. The zero-order valence-corrected chi connectivity index (χ0v) is 22.1. The lowest BCUT2D eigenvalue weighted by Crippen LogP contribution is -2.19. The molecule has 33 heavy (non-hydrogen) atoms. The van der Waals surface area contributed by atoms with Gasteiger partial charge >= 0.3 is 17.9 Å².